The van der Waals surface area contributed by atoms with Gasteiger partial charge in [0.2, 0.25) is 11.2 Å². The lowest BCUT2D eigenvalue weighted by atomic mass is 10.2. The van der Waals surface area contributed by atoms with Crippen LogP contribution in [-0.2, 0) is 0 Å². The fourth-order valence-corrected chi connectivity index (χ4v) is 2.17. The molecule has 0 fully saturated rings. The third-order valence-corrected chi connectivity index (χ3v) is 3.49. The second kappa shape index (κ2) is 6.90. The average molecular weight is 301 g/mol. The normalized spacial score (nSPS) is 10.8. The summed E-state index contributed by atoms with van der Waals surface area (Å²) in [4.78, 5) is 24.8. The lowest BCUT2D eigenvalue weighted by Gasteiger charge is -2.07. The molecule has 0 saturated heterocycles. The zero-order valence-electron chi connectivity index (χ0n) is 11.7. The highest BCUT2D eigenvalue weighted by Crippen LogP contribution is 2.17. The lowest BCUT2D eigenvalue weighted by molar-refractivity contribution is 0.103. The first-order valence-corrected chi connectivity index (χ1v) is 7.50. The number of nitrogens with one attached hydrogen (secondary N) is 1. The molecule has 1 aromatic heterocycles. The average Bonchev–Trinajstić information content (AvgIpc) is 2.53. The van der Waals surface area contributed by atoms with Gasteiger partial charge in [-0.3, -0.25) is 9.59 Å². The van der Waals surface area contributed by atoms with E-state index < -0.39 is 11.2 Å². The van der Waals surface area contributed by atoms with Gasteiger partial charge in [-0.25, -0.2) is 4.68 Å². The number of thioether (sulfide) groups is 1. The number of allylic oxidation sites excluding steroid dienone is 1. The Balaban J connectivity index is 2.45. The summed E-state index contributed by atoms with van der Waals surface area (Å²) >= 11 is 1.61. The molecule has 0 radical (unpaired) electrons. The van der Waals surface area contributed by atoms with Gasteiger partial charge in [0.15, 0.2) is 5.69 Å². The fraction of sp³-hybridized carbons (Fsp3) is 0.133. The van der Waals surface area contributed by atoms with Gasteiger partial charge in [0, 0.05) is 36.5 Å². The van der Waals surface area contributed by atoms with Crippen molar-refractivity contribution in [2.45, 2.75) is 4.90 Å². The van der Waals surface area contributed by atoms with E-state index in [1.165, 1.54) is 23.0 Å². The van der Waals surface area contributed by atoms with Gasteiger partial charge in [0.05, 0.1) is 5.69 Å². The van der Waals surface area contributed by atoms with E-state index in [0.29, 0.717) is 0 Å². The molecule has 2 rings (SSSR count). The van der Waals surface area contributed by atoms with Crippen LogP contribution in [0.3, 0.4) is 0 Å². The van der Waals surface area contributed by atoms with Crippen LogP contribution in [0.25, 0.3) is 5.69 Å². The fourth-order valence-electron chi connectivity index (χ4n) is 1.71. The number of carbonyl (C=O) groups is 1. The first-order valence-electron chi connectivity index (χ1n) is 6.28. The molecule has 1 N–H and O–H groups in total. The molecule has 0 aliphatic rings. The van der Waals surface area contributed by atoms with Crippen LogP contribution >= 0.6 is 11.8 Å². The van der Waals surface area contributed by atoms with Crippen LogP contribution in [0.4, 0.5) is 0 Å². The van der Waals surface area contributed by atoms with E-state index in [0.717, 1.165) is 10.6 Å². The quantitative estimate of drug-likeness (QED) is 0.519. The summed E-state index contributed by atoms with van der Waals surface area (Å²) < 4.78 is 1.53. The topological polar surface area (TPSA) is 64.0 Å². The molecule has 6 heteroatoms. The summed E-state index contributed by atoms with van der Waals surface area (Å²) in [6.07, 6.45) is 6.29. The second-order valence-electron chi connectivity index (χ2n) is 4.16. The molecular formula is C15H15N3O2S. The van der Waals surface area contributed by atoms with E-state index in [1.54, 1.807) is 25.0 Å². The summed E-state index contributed by atoms with van der Waals surface area (Å²) in [5.74, 6) is -0.426. The highest BCUT2D eigenvalue weighted by atomic mass is 32.2. The lowest BCUT2D eigenvalue weighted by Crippen LogP contribution is -2.19. The first-order chi connectivity index (χ1) is 10.2. The third kappa shape index (κ3) is 3.61. The van der Waals surface area contributed by atoms with Gasteiger partial charge in [0.25, 0.3) is 0 Å². The van der Waals surface area contributed by atoms with Crippen molar-refractivity contribution in [1.29, 1.82) is 0 Å². The minimum atomic E-state index is -0.426. The molecule has 0 unspecified atom stereocenters. The van der Waals surface area contributed by atoms with Crippen molar-refractivity contribution >= 4 is 17.5 Å². The zero-order valence-corrected chi connectivity index (χ0v) is 12.6. The van der Waals surface area contributed by atoms with Crippen LogP contribution in [0.5, 0.6) is 0 Å². The van der Waals surface area contributed by atoms with E-state index in [4.69, 9.17) is 0 Å². The number of nitrogens with zero attached hydrogens (tertiary/aromatic N) is 2. The van der Waals surface area contributed by atoms with E-state index in [2.05, 4.69) is 10.4 Å². The van der Waals surface area contributed by atoms with Crippen LogP contribution in [0.2, 0.25) is 0 Å². The molecule has 1 aromatic carbocycles. The largest absolute Gasteiger partial charge is 0.394 e. The Bertz CT molecular complexity index is 738. The Labute approximate surface area is 126 Å². The molecule has 0 bridgehead atoms. The first kappa shape index (κ1) is 15.1. The zero-order chi connectivity index (χ0) is 15.2. The summed E-state index contributed by atoms with van der Waals surface area (Å²) in [7, 11) is 1.68. The maximum Gasteiger partial charge on any atom is 0.211 e. The summed E-state index contributed by atoms with van der Waals surface area (Å²) in [6.45, 7) is 0. The second-order valence-corrected chi connectivity index (χ2v) is 5.04. The Morgan fingerprint density at radius 2 is 2.19 bits per heavy atom. The number of benzene rings is 1. The van der Waals surface area contributed by atoms with Crippen LogP contribution in [-0.4, -0.2) is 28.9 Å². The van der Waals surface area contributed by atoms with Crippen LogP contribution in [0.1, 0.15) is 10.5 Å². The van der Waals surface area contributed by atoms with Gasteiger partial charge in [0.1, 0.15) is 0 Å². The van der Waals surface area contributed by atoms with Crippen LogP contribution < -0.4 is 10.7 Å². The van der Waals surface area contributed by atoms with Crippen molar-refractivity contribution in [3.63, 3.8) is 0 Å². The smallest absolute Gasteiger partial charge is 0.211 e. The van der Waals surface area contributed by atoms with Gasteiger partial charge in [-0.05, 0) is 24.5 Å². The number of hydrogen-bond acceptors (Lipinski definition) is 5. The van der Waals surface area contributed by atoms with E-state index >= 15 is 0 Å². The minimum absolute atomic E-state index is 0.0986. The maximum absolute atomic E-state index is 11.9. The van der Waals surface area contributed by atoms with Crippen molar-refractivity contribution in [3.05, 3.63) is 64.7 Å². The Kier molecular flexibility index (Phi) is 4.94. The highest BCUT2D eigenvalue weighted by Gasteiger charge is 2.10. The monoisotopic (exact) mass is 301 g/mol. The molecule has 0 atom stereocenters. The van der Waals surface area contributed by atoms with E-state index in [-0.39, 0.29) is 5.69 Å². The SMILES string of the molecule is CNC=CC(=O)c1nn(-c2cccc(SC)c2)ccc1=O. The number of aromatic nitrogens is 2. The number of ketones is 1. The third-order valence-electron chi connectivity index (χ3n) is 2.76. The summed E-state index contributed by atoms with van der Waals surface area (Å²) in [5.41, 5.74) is 0.310. The van der Waals surface area contributed by atoms with Crippen molar-refractivity contribution in [2.75, 3.05) is 13.3 Å². The summed E-state index contributed by atoms with van der Waals surface area (Å²) in [6, 6.07) is 9.05. The summed E-state index contributed by atoms with van der Waals surface area (Å²) in [5, 5.41) is 6.85. The molecule has 5 nitrogen and oxygen atoms in total. The van der Waals surface area contributed by atoms with Gasteiger partial charge >= 0.3 is 0 Å². The molecule has 0 aliphatic heterocycles. The van der Waals surface area contributed by atoms with Crippen molar-refractivity contribution in [3.8, 4) is 5.69 Å². The molecule has 0 spiro atoms. The van der Waals surface area contributed by atoms with E-state index in [9.17, 15) is 9.59 Å². The molecular weight excluding hydrogens is 286 g/mol. The molecule has 0 aliphatic carbocycles. The molecule has 108 valence electrons. The Morgan fingerprint density at radius 1 is 1.38 bits per heavy atom. The number of carbonyl (C=O) groups excluding carboxylic acids is 1. The van der Waals surface area contributed by atoms with Gasteiger partial charge in [-0.15, -0.1) is 11.8 Å². The van der Waals surface area contributed by atoms with Crippen molar-refractivity contribution < 1.29 is 4.79 Å². The van der Waals surface area contributed by atoms with Crippen LogP contribution in [0.15, 0.2) is 58.5 Å². The van der Waals surface area contributed by atoms with Gasteiger partial charge in [-0.1, -0.05) is 6.07 Å². The highest BCUT2D eigenvalue weighted by molar-refractivity contribution is 7.98. The molecule has 0 saturated carbocycles. The molecule has 2 aromatic rings. The van der Waals surface area contributed by atoms with Gasteiger partial charge < -0.3 is 5.32 Å². The Morgan fingerprint density at radius 3 is 2.90 bits per heavy atom. The number of rotatable bonds is 5. The van der Waals surface area contributed by atoms with E-state index in [1.807, 2.05) is 30.5 Å². The Hall–Kier alpha value is -2.34. The predicted octanol–water partition coefficient (Wildman–Crippen LogP) is 1.87. The minimum Gasteiger partial charge on any atom is -0.394 e. The maximum atomic E-state index is 11.9. The predicted molar refractivity (Wildman–Crippen MR) is 84.1 cm³/mol. The molecule has 21 heavy (non-hydrogen) atoms. The van der Waals surface area contributed by atoms with Gasteiger partial charge in [-0.2, -0.15) is 5.10 Å². The molecule has 1 heterocycles. The number of hydrogen-bond donors (Lipinski definition) is 1. The standard InChI is InChI=1S/C15H15N3O2S/c1-16-8-6-13(19)15-14(20)7-9-18(17-15)11-4-3-5-12(10-11)21-2/h3-10,16H,1-2H3. The molecule has 0 amide bonds. The van der Waals surface area contributed by atoms with Crippen LogP contribution in [0, 0.1) is 0 Å². The van der Waals surface area contributed by atoms with Crippen molar-refractivity contribution in [2.24, 2.45) is 0 Å². The van der Waals surface area contributed by atoms with Crippen molar-refractivity contribution in [1.82, 2.24) is 15.1 Å².